The lowest BCUT2D eigenvalue weighted by molar-refractivity contribution is 0.392. The molecule has 3 heterocycles. The Hall–Kier alpha value is -1.76. The summed E-state index contributed by atoms with van der Waals surface area (Å²) in [4.78, 5) is 11.1. The van der Waals surface area contributed by atoms with E-state index in [1.165, 1.54) is 0 Å². The zero-order chi connectivity index (χ0) is 15.5. The molecule has 0 amide bonds. The van der Waals surface area contributed by atoms with E-state index in [9.17, 15) is 0 Å². The van der Waals surface area contributed by atoms with Gasteiger partial charge in [-0.1, -0.05) is 5.16 Å². The molecular formula is C15H21N5OS. The van der Waals surface area contributed by atoms with E-state index in [0.29, 0.717) is 0 Å². The number of anilines is 2. The summed E-state index contributed by atoms with van der Waals surface area (Å²) in [5.74, 6) is 4.98. The van der Waals surface area contributed by atoms with Crippen molar-refractivity contribution in [3.63, 3.8) is 0 Å². The number of hydrogen-bond acceptors (Lipinski definition) is 7. The topological polar surface area (TPSA) is 67.1 Å². The van der Waals surface area contributed by atoms with Gasteiger partial charge in [0.1, 0.15) is 23.7 Å². The lowest BCUT2D eigenvalue weighted by atomic mass is 10.1. The quantitative estimate of drug-likeness (QED) is 0.929. The van der Waals surface area contributed by atoms with Crippen LogP contribution in [0, 0.1) is 13.8 Å². The normalized spacial score (nSPS) is 16.6. The lowest BCUT2D eigenvalue weighted by Gasteiger charge is -2.27. The Morgan fingerprint density at radius 3 is 2.73 bits per heavy atom. The van der Waals surface area contributed by atoms with E-state index >= 15 is 0 Å². The first-order valence-electron chi connectivity index (χ1n) is 7.49. The summed E-state index contributed by atoms with van der Waals surface area (Å²) in [6.45, 7) is 8.07. The van der Waals surface area contributed by atoms with E-state index in [1.807, 2.05) is 31.7 Å². The van der Waals surface area contributed by atoms with Crippen LogP contribution in [-0.4, -0.2) is 39.7 Å². The summed E-state index contributed by atoms with van der Waals surface area (Å²) in [5.41, 5.74) is 2.01. The van der Waals surface area contributed by atoms with Crippen molar-refractivity contribution in [3.05, 3.63) is 29.4 Å². The van der Waals surface area contributed by atoms with Crippen LogP contribution >= 0.6 is 11.8 Å². The van der Waals surface area contributed by atoms with Gasteiger partial charge in [0.05, 0.1) is 11.7 Å². The maximum atomic E-state index is 5.24. The predicted molar refractivity (Wildman–Crippen MR) is 89.6 cm³/mol. The summed E-state index contributed by atoms with van der Waals surface area (Å²) < 4.78 is 5.24. The Balaban J connectivity index is 1.75. The standard InChI is InChI=1S/C15H21N5OS/c1-10(15-11(2)19-21-12(15)3)18-13-8-14(17-9-16-13)20-4-6-22-7-5-20/h8-10H,4-7H2,1-3H3,(H,16,17,18)/t10-/m1/s1. The third-order valence-electron chi connectivity index (χ3n) is 3.87. The van der Waals surface area contributed by atoms with Crippen LogP contribution in [0.15, 0.2) is 16.9 Å². The SMILES string of the molecule is Cc1noc(C)c1[C@@H](C)Nc1cc(N2CCSCC2)ncn1. The summed E-state index contributed by atoms with van der Waals surface area (Å²) in [5, 5.41) is 7.43. The predicted octanol–water partition coefficient (Wildman–Crippen LogP) is 2.81. The van der Waals surface area contributed by atoms with E-state index < -0.39 is 0 Å². The Labute approximate surface area is 134 Å². The average molecular weight is 319 g/mol. The highest BCUT2D eigenvalue weighted by molar-refractivity contribution is 7.99. The van der Waals surface area contributed by atoms with Crippen LogP contribution in [0.5, 0.6) is 0 Å². The van der Waals surface area contributed by atoms with Gasteiger partial charge in [-0.15, -0.1) is 0 Å². The molecule has 1 N–H and O–H groups in total. The van der Waals surface area contributed by atoms with Crippen LogP contribution in [0.1, 0.15) is 30.0 Å². The Morgan fingerprint density at radius 1 is 1.27 bits per heavy atom. The highest BCUT2D eigenvalue weighted by Gasteiger charge is 2.18. The monoisotopic (exact) mass is 319 g/mol. The van der Waals surface area contributed by atoms with Crippen molar-refractivity contribution in [2.24, 2.45) is 0 Å². The zero-order valence-electron chi connectivity index (χ0n) is 13.2. The number of aryl methyl sites for hydroxylation is 2. The molecule has 1 aliphatic heterocycles. The first kappa shape index (κ1) is 15.1. The minimum atomic E-state index is 0.0888. The first-order chi connectivity index (χ1) is 10.6. The van der Waals surface area contributed by atoms with Crippen LogP contribution < -0.4 is 10.2 Å². The van der Waals surface area contributed by atoms with Gasteiger partial charge in [0.15, 0.2) is 0 Å². The molecule has 0 radical (unpaired) electrons. The summed E-state index contributed by atoms with van der Waals surface area (Å²) in [7, 11) is 0. The Kier molecular flexibility index (Phi) is 4.52. The minimum Gasteiger partial charge on any atom is -0.363 e. The van der Waals surface area contributed by atoms with Gasteiger partial charge in [-0.2, -0.15) is 11.8 Å². The van der Waals surface area contributed by atoms with Crippen LogP contribution in [0.2, 0.25) is 0 Å². The van der Waals surface area contributed by atoms with E-state index in [2.05, 4.69) is 32.3 Å². The third kappa shape index (κ3) is 3.19. The fraction of sp³-hybridized carbons (Fsp3) is 0.533. The van der Waals surface area contributed by atoms with E-state index in [1.54, 1.807) is 6.33 Å². The molecule has 1 saturated heterocycles. The molecule has 2 aromatic heterocycles. The van der Waals surface area contributed by atoms with Crippen LogP contribution in [0.25, 0.3) is 0 Å². The largest absolute Gasteiger partial charge is 0.363 e. The molecule has 118 valence electrons. The van der Waals surface area contributed by atoms with Gasteiger partial charge in [-0.05, 0) is 20.8 Å². The first-order valence-corrected chi connectivity index (χ1v) is 8.64. The van der Waals surface area contributed by atoms with E-state index in [4.69, 9.17) is 4.52 Å². The molecule has 1 aliphatic rings. The van der Waals surface area contributed by atoms with Crippen molar-refractivity contribution in [1.29, 1.82) is 0 Å². The van der Waals surface area contributed by atoms with E-state index in [0.717, 1.165) is 53.2 Å². The smallest absolute Gasteiger partial charge is 0.139 e. The molecule has 0 bridgehead atoms. The molecule has 1 atom stereocenters. The molecule has 0 spiro atoms. The number of hydrogen-bond donors (Lipinski definition) is 1. The molecule has 0 unspecified atom stereocenters. The second kappa shape index (κ2) is 6.56. The molecule has 1 fully saturated rings. The highest BCUT2D eigenvalue weighted by atomic mass is 32.2. The molecule has 2 aromatic rings. The second-order valence-corrected chi connectivity index (χ2v) is 6.69. The Morgan fingerprint density at radius 2 is 2.05 bits per heavy atom. The van der Waals surface area contributed by atoms with Crippen LogP contribution in [0.3, 0.4) is 0 Å². The lowest BCUT2D eigenvalue weighted by Crippen LogP contribution is -2.33. The molecule has 22 heavy (non-hydrogen) atoms. The van der Waals surface area contributed by atoms with Gasteiger partial charge < -0.3 is 14.7 Å². The van der Waals surface area contributed by atoms with Gasteiger partial charge in [0.2, 0.25) is 0 Å². The number of nitrogens with zero attached hydrogens (tertiary/aromatic N) is 4. The van der Waals surface area contributed by atoms with Crippen molar-refractivity contribution in [1.82, 2.24) is 15.1 Å². The maximum Gasteiger partial charge on any atom is 0.139 e. The molecular weight excluding hydrogens is 298 g/mol. The number of thioether (sulfide) groups is 1. The highest BCUT2D eigenvalue weighted by Crippen LogP contribution is 2.25. The average Bonchev–Trinajstić information content (AvgIpc) is 2.87. The molecule has 6 nitrogen and oxygen atoms in total. The van der Waals surface area contributed by atoms with Gasteiger partial charge >= 0.3 is 0 Å². The second-order valence-electron chi connectivity index (χ2n) is 5.46. The fourth-order valence-corrected chi connectivity index (χ4v) is 3.70. The maximum absolute atomic E-state index is 5.24. The van der Waals surface area contributed by atoms with Crippen molar-refractivity contribution in [3.8, 4) is 0 Å². The Bertz CT molecular complexity index is 619. The van der Waals surface area contributed by atoms with Crippen LogP contribution in [-0.2, 0) is 0 Å². The van der Waals surface area contributed by atoms with Gasteiger partial charge in [-0.3, -0.25) is 0 Å². The molecule has 0 saturated carbocycles. The number of aromatic nitrogens is 3. The molecule has 7 heteroatoms. The van der Waals surface area contributed by atoms with Crippen molar-refractivity contribution < 1.29 is 4.52 Å². The van der Waals surface area contributed by atoms with Gasteiger partial charge in [0.25, 0.3) is 0 Å². The van der Waals surface area contributed by atoms with Gasteiger partial charge in [0, 0.05) is 36.2 Å². The summed E-state index contributed by atoms with van der Waals surface area (Å²) in [6, 6.07) is 2.11. The summed E-state index contributed by atoms with van der Waals surface area (Å²) >= 11 is 1.99. The van der Waals surface area contributed by atoms with Gasteiger partial charge in [-0.25, -0.2) is 9.97 Å². The molecule has 0 aromatic carbocycles. The summed E-state index contributed by atoms with van der Waals surface area (Å²) in [6.07, 6.45) is 1.62. The minimum absolute atomic E-state index is 0.0888. The number of nitrogens with one attached hydrogen (secondary N) is 1. The van der Waals surface area contributed by atoms with Crippen molar-refractivity contribution >= 4 is 23.4 Å². The van der Waals surface area contributed by atoms with Crippen molar-refractivity contribution in [2.45, 2.75) is 26.8 Å². The fourth-order valence-electron chi connectivity index (χ4n) is 2.79. The zero-order valence-corrected chi connectivity index (χ0v) is 14.0. The number of rotatable bonds is 4. The molecule has 0 aliphatic carbocycles. The van der Waals surface area contributed by atoms with E-state index in [-0.39, 0.29) is 6.04 Å². The van der Waals surface area contributed by atoms with Crippen LogP contribution in [0.4, 0.5) is 11.6 Å². The van der Waals surface area contributed by atoms with Crippen molar-refractivity contribution in [2.75, 3.05) is 34.8 Å². The third-order valence-corrected chi connectivity index (χ3v) is 4.82. The molecule has 3 rings (SSSR count).